The number of rotatable bonds is 7. The monoisotopic (exact) mass is 280 g/mol. The van der Waals surface area contributed by atoms with Crippen LogP contribution in [0.5, 0.6) is 0 Å². The van der Waals surface area contributed by atoms with Gasteiger partial charge in [-0.25, -0.2) is 4.98 Å². The number of ether oxygens (including phenoxy) is 1. The van der Waals surface area contributed by atoms with E-state index in [-0.39, 0.29) is 0 Å². The van der Waals surface area contributed by atoms with Crippen molar-refractivity contribution in [3.05, 3.63) is 17.3 Å². The van der Waals surface area contributed by atoms with Gasteiger partial charge in [-0.1, -0.05) is 0 Å². The number of hydrogen-bond acceptors (Lipinski definition) is 5. The van der Waals surface area contributed by atoms with Crippen LogP contribution in [0.25, 0.3) is 4.96 Å². The zero-order valence-electron chi connectivity index (χ0n) is 11.4. The molecule has 2 aromatic heterocycles. The molecule has 5 nitrogen and oxygen atoms in total. The number of hydrogen-bond donors (Lipinski definition) is 1. The molecule has 104 valence electrons. The second-order valence-electron chi connectivity index (χ2n) is 5.01. The van der Waals surface area contributed by atoms with E-state index in [0.29, 0.717) is 6.04 Å². The van der Waals surface area contributed by atoms with Crippen LogP contribution in [0.3, 0.4) is 0 Å². The maximum Gasteiger partial charge on any atom is 0.195 e. The lowest BCUT2D eigenvalue weighted by Crippen LogP contribution is -2.25. The number of imidazole rings is 1. The van der Waals surface area contributed by atoms with Gasteiger partial charge in [0.05, 0.1) is 12.3 Å². The van der Waals surface area contributed by atoms with E-state index >= 15 is 0 Å². The Balaban J connectivity index is 1.83. The van der Waals surface area contributed by atoms with Gasteiger partial charge in [-0.2, -0.15) is 0 Å². The average molecular weight is 280 g/mol. The lowest BCUT2D eigenvalue weighted by molar-refractivity contribution is 0.206. The van der Waals surface area contributed by atoms with Crippen molar-refractivity contribution >= 4 is 22.1 Å². The molecule has 0 saturated heterocycles. The molecule has 0 radical (unpaired) electrons. The number of nitrogens with zero attached hydrogens (tertiary/aromatic N) is 3. The fraction of sp³-hybridized carbons (Fsp3) is 0.615. The molecule has 1 aliphatic rings. The first-order chi connectivity index (χ1) is 9.29. The van der Waals surface area contributed by atoms with Crippen molar-refractivity contribution in [1.29, 1.82) is 0 Å². The predicted molar refractivity (Wildman–Crippen MR) is 78.1 cm³/mol. The standard InChI is InChI=1S/C13H20N4OS/c1-16(5-7-18-2)12-11(9-14-10-3-4-10)17-6-8-19-13(17)15-12/h6,8,10,14H,3-5,7,9H2,1-2H3. The Morgan fingerprint density at radius 3 is 3.16 bits per heavy atom. The van der Waals surface area contributed by atoms with Crippen LogP contribution in [0.2, 0.25) is 0 Å². The summed E-state index contributed by atoms with van der Waals surface area (Å²) in [4.78, 5) is 7.97. The summed E-state index contributed by atoms with van der Waals surface area (Å²) in [5.41, 5.74) is 1.25. The van der Waals surface area contributed by atoms with E-state index < -0.39 is 0 Å². The summed E-state index contributed by atoms with van der Waals surface area (Å²) in [5, 5.41) is 5.66. The van der Waals surface area contributed by atoms with Gasteiger partial charge in [-0.15, -0.1) is 11.3 Å². The molecule has 0 bridgehead atoms. The Morgan fingerprint density at radius 1 is 1.58 bits per heavy atom. The van der Waals surface area contributed by atoms with E-state index in [0.717, 1.165) is 30.5 Å². The van der Waals surface area contributed by atoms with Crippen molar-refractivity contribution in [3.8, 4) is 0 Å². The van der Waals surface area contributed by atoms with E-state index in [1.54, 1.807) is 18.4 Å². The van der Waals surface area contributed by atoms with Crippen LogP contribution in [-0.2, 0) is 11.3 Å². The molecule has 19 heavy (non-hydrogen) atoms. The summed E-state index contributed by atoms with van der Waals surface area (Å²) in [5.74, 6) is 1.07. The highest BCUT2D eigenvalue weighted by atomic mass is 32.1. The largest absolute Gasteiger partial charge is 0.383 e. The Kier molecular flexibility index (Phi) is 3.72. The minimum atomic E-state index is 0.710. The molecule has 2 heterocycles. The van der Waals surface area contributed by atoms with E-state index in [9.17, 15) is 0 Å². The van der Waals surface area contributed by atoms with E-state index in [2.05, 4.69) is 33.2 Å². The number of fused-ring (bicyclic) bond motifs is 1. The normalized spacial score (nSPS) is 15.3. The second-order valence-corrected chi connectivity index (χ2v) is 5.88. The summed E-state index contributed by atoms with van der Waals surface area (Å²) in [6.45, 7) is 2.46. The number of aromatic nitrogens is 2. The minimum Gasteiger partial charge on any atom is -0.383 e. The number of anilines is 1. The van der Waals surface area contributed by atoms with Crippen LogP contribution in [0.1, 0.15) is 18.5 Å². The molecule has 0 aromatic carbocycles. The third-order valence-corrected chi connectivity index (χ3v) is 4.22. The molecular weight excluding hydrogens is 260 g/mol. The van der Waals surface area contributed by atoms with Gasteiger partial charge in [0.25, 0.3) is 0 Å². The average Bonchev–Trinajstić information content (AvgIpc) is 3.01. The molecular formula is C13H20N4OS. The molecule has 0 aliphatic heterocycles. The molecule has 2 aromatic rings. The first kappa shape index (κ1) is 12.9. The fourth-order valence-corrected chi connectivity index (χ4v) is 2.88. The number of thiazole rings is 1. The van der Waals surface area contributed by atoms with Crippen molar-refractivity contribution in [1.82, 2.24) is 14.7 Å². The highest BCUT2D eigenvalue weighted by Gasteiger charge is 2.23. The Labute approximate surface area is 117 Å². The van der Waals surface area contributed by atoms with Crippen molar-refractivity contribution in [2.45, 2.75) is 25.4 Å². The number of nitrogens with one attached hydrogen (secondary N) is 1. The topological polar surface area (TPSA) is 41.8 Å². The predicted octanol–water partition coefficient (Wildman–Crippen LogP) is 1.73. The van der Waals surface area contributed by atoms with Crippen molar-refractivity contribution in [2.75, 3.05) is 32.2 Å². The summed E-state index contributed by atoms with van der Waals surface area (Å²) in [6, 6.07) is 0.710. The van der Waals surface area contributed by atoms with Crippen molar-refractivity contribution < 1.29 is 4.74 Å². The Hall–Kier alpha value is -1.11. The van der Waals surface area contributed by atoms with E-state index in [1.807, 2.05) is 0 Å². The maximum absolute atomic E-state index is 5.15. The molecule has 1 fully saturated rings. The first-order valence-electron chi connectivity index (χ1n) is 6.67. The quantitative estimate of drug-likeness (QED) is 0.839. The van der Waals surface area contributed by atoms with E-state index in [1.165, 1.54) is 18.5 Å². The SMILES string of the molecule is COCCN(C)c1nc2sccn2c1CNC1CC1. The van der Waals surface area contributed by atoms with Crippen LogP contribution in [0.15, 0.2) is 11.6 Å². The zero-order valence-corrected chi connectivity index (χ0v) is 12.2. The lowest BCUT2D eigenvalue weighted by atomic mass is 10.3. The Morgan fingerprint density at radius 2 is 2.42 bits per heavy atom. The molecule has 1 saturated carbocycles. The Bertz CT molecular complexity index is 546. The second kappa shape index (κ2) is 5.48. The van der Waals surface area contributed by atoms with Gasteiger partial charge in [0.2, 0.25) is 0 Å². The highest BCUT2D eigenvalue weighted by molar-refractivity contribution is 7.15. The van der Waals surface area contributed by atoms with Crippen LogP contribution < -0.4 is 10.2 Å². The minimum absolute atomic E-state index is 0.710. The fourth-order valence-electron chi connectivity index (χ4n) is 2.15. The molecule has 0 atom stereocenters. The van der Waals surface area contributed by atoms with Crippen LogP contribution in [0.4, 0.5) is 5.82 Å². The van der Waals surface area contributed by atoms with Gasteiger partial charge in [-0.3, -0.25) is 4.40 Å². The third kappa shape index (κ3) is 2.75. The van der Waals surface area contributed by atoms with Crippen LogP contribution in [-0.4, -0.2) is 42.7 Å². The molecule has 6 heteroatoms. The van der Waals surface area contributed by atoms with Crippen molar-refractivity contribution in [2.24, 2.45) is 0 Å². The zero-order chi connectivity index (χ0) is 13.2. The summed E-state index contributed by atoms with van der Waals surface area (Å²) in [7, 11) is 3.81. The van der Waals surface area contributed by atoms with Gasteiger partial charge in [-0.05, 0) is 12.8 Å². The van der Waals surface area contributed by atoms with Gasteiger partial charge < -0.3 is 15.0 Å². The van der Waals surface area contributed by atoms with Crippen molar-refractivity contribution in [3.63, 3.8) is 0 Å². The molecule has 0 unspecified atom stereocenters. The smallest absolute Gasteiger partial charge is 0.195 e. The maximum atomic E-state index is 5.15. The molecule has 1 N–H and O–H groups in total. The van der Waals surface area contributed by atoms with Gasteiger partial charge in [0, 0.05) is 44.9 Å². The summed E-state index contributed by atoms with van der Waals surface area (Å²) < 4.78 is 7.34. The number of likely N-dealkylation sites (N-methyl/N-ethyl adjacent to an activating group) is 1. The third-order valence-electron chi connectivity index (χ3n) is 3.47. The van der Waals surface area contributed by atoms with Gasteiger partial charge in [0.15, 0.2) is 10.8 Å². The summed E-state index contributed by atoms with van der Waals surface area (Å²) >= 11 is 1.68. The number of methoxy groups -OCH3 is 1. The molecule has 3 rings (SSSR count). The first-order valence-corrected chi connectivity index (χ1v) is 7.55. The lowest BCUT2D eigenvalue weighted by Gasteiger charge is -2.18. The molecule has 0 amide bonds. The van der Waals surface area contributed by atoms with E-state index in [4.69, 9.17) is 9.72 Å². The molecule has 1 aliphatic carbocycles. The highest BCUT2D eigenvalue weighted by Crippen LogP contribution is 2.25. The molecule has 0 spiro atoms. The van der Waals surface area contributed by atoms with Gasteiger partial charge >= 0.3 is 0 Å². The van der Waals surface area contributed by atoms with Crippen LogP contribution in [0, 0.1) is 0 Å². The van der Waals surface area contributed by atoms with Crippen LogP contribution >= 0.6 is 11.3 Å². The van der Waals surface area contributed by atoms with Gasteiger partial charge in [0.1, 0.15) is 0 Å². The summed E-state index contributed by atoms with van der Waals surface area (Å²) in [6.07, 6.45) is 4.71.